The number of hydrogen-bond acceptors (Lipinski definition) is 1. The van der Waals surface area contributed by atoms with Crippen LogP contribution >= 0.6 is 38.5 Å². The second-order valence-corrected chi connectivity index (χ2v) is 6.24. The van der Waals surface area contributed by atoms with Crippen LogP contribution in [0.4, 0.5) is 0 Å². The van der Waals surface area contributed by atoms with Gasteiger partial charge in [0.05, 0.1) is 5.56 Å². The molecule has 1 aromatic carbocycles. The molecule has 90 valence electrons. The van der Waals surface area contributed by atoms with Crippen molar-refractivity contribution in [1.82, 2.24) is 4.90 Å². The van der Waals surface area contributed by atoms with Crippen molar-refractivity contribution in [3.63, 3.8) is 0 Å². The van der Waals surface area contributed by atoms with Gasteiger partial charge in [-0.1, -0.05) is 28.1 Å². The van der Waals surface area contributed by atoms with Gasteiger partial charge >= 0.3 is 0 Å². The lowest BCUT2D eigenvalue weighted by Gasteiger charge is -2.28. The third-order valence-electron chi connectivity index (χ3n) is 2.92. The van der Waals surface area contributed by atoms with Crippen LogP contribution in [0.3, 0.4) is 0 Å². The van der Waals surface area contributed by atoms with Crippen molar-refractivity contribution in [1.29, 1.82) is 0 Å². The summed E-state index contributed by atoms with van der Waals surface area (Å²) < 4.78 is 1.95. The summed E-state index contributed by atoms with van der Waals surface area (Å²) in [6.07, 6.45) is 1.85. The van der Waals surface area contributed by atoms with E-state index in [2.05, 4.69) is 45.1 Å². The van der Waals surface area contributed by atoms with Gasteiger partial charge in [0.1, 0.15) is 0 Å². The molecule has 0 aliphatic carbocycles. The van der Waals surface area contributed by atoms with Crippen LogP contribution in [0.25, 0.3) is 0 Å². The van der Waals surface area contributed by atoms with Crippen molar-refractivity contribution < 1.29 is 4.79 Å². The molecule has 2 rings (SSSR count). The van der Waals surface area contributed by atoms with Crippen LogP contribution in [-0.2, 0) is 0 Å². The highest BCUT2D eigenvalue weighted by Gasteiger charge is 2.21. The van der Waals surface area contributed by atoms with Gasteiger partial charge in [-0.25, -0.2) is 0 Å². The van der Waals surface area contributed by atoms with Crippen LogP contribution in [0, 0.1) is 3.57 Å². The molecule has 0 bridgehead atoms. The molecular formula is C13H13BrINO. The Kier molecular flexibility index (Phi) is 4.25. The zero-order chi connectivity index (χ0) is 12.4. The monoisotopic (exact) mass is 405 g/mol. The standard InChI is InChI=1S/C13H13BrINO/c1-9-4-6-16(7-5-9)13(17)11-8-10(14)2-3-12(11)15/h2-3,8H,1,4-7H2. The third kappa shape index (κ3) is 3.10. The topological polar surface area (TPSA) is 20.3 Å². The lowest BCUT2D eigenvalue weighted by Crippen LogP contribution is -2.36. The predicted molar refractivity (Wildman–Crippen MR) is 81.1 cm³/mol. The van der Waals surface area contributed by atoms with E-state index < -0.39 is 0 Å². The van der Waals surface area contributed by atoms with E-state index in [4.69, 9.17) is 0 Å². The summed E-state index contributed by atoms with van der Waals surface area (Å²) in [6, 6.07) is 5.81. The van der Waals surface area contributed by atoms with Gasteiger partial charge < -0.3 is 4.90 Å². The first-order chi connectivity index (χ1) is 8.08. The first-order valence-electron chi connectivity index (χ1n) is 5.49. The quantitative estimate of drug-likeness (QED) is 0.513. The van der Waals surface area contributed by atoms with Crippen LogP contribution in [0.15, 0.2) is 34.8 Å². The molecule has 4 heteroatoms. The van der Waals surface area contributed by atoms with E-state index in [9.17, 15) is 4.79 Å². The van der Waals surface area contributed by atoms with Crippen molar-refractivity contribution in [2.24, 2.45) is 0 Å². The van der Waals surface area contributed by atoms with Crippen molar-refractivity contribution >= 4 is 44.4 Å². The Balaban J connectivity index is 2.19. The fraction of sp³-hybridized carbons (Fsp3) is 0.308. The van der Waals surface area contributed by atoms with E-state index in [0.717, 1.165) is 39.5 Å². The number of nitrogens with zero attached hydrogens (tertiary/aromatic N) is 1. The Bertz CT molecular complexity index is 462. The van der Waals surface area contributed by atoms with Crippen LogP contribution in [0.1, 0.15) is 23.2 Å². The normalized spacial score (nSPS) is 16.1. The summed E-state index contributed by atoms with van der Waals surface area (Å²) in [5.74, 6) is 0.128. The molecule has 0 atom stereocenters. The molecule has 1 aromatic rings. The van der Waals surface area contributed by atoms with Crippen molar-refractivity contribution in [2.75, 3.05) is 13.1 Å². The molecule has 1 aliphatic heterocycles. The fourth-order valence-corrected chi connectivity index (χ4v) is 2.79. The van der Waals surface area contributed by atoms with Crippen LogP contribution in [0.2, 0.25) is 0 Å². The largest absolute Gasteiger partial charge is 0.338 e. The van der Waals surface area contributed by atoms with Gasteiger partial charge in [0.25, 0.3) is 5.91 Å². The van der Waals surface area contributed by atoms with Gasteiger partial charge in [0, 0.05) is 21.1 Å². The van der Waals surface area contributed by atoms with Crippen molar-refractivity contribution in [3.05, 3.63) is 44.0 Å². The third-order valence-corrected chi connectivity index (χ3v) is 4.35. The molecule has 0 saturated carbocycles. The van der Waals surface area contributed by atoms with E-state index in [1.807, 2.05) is 23.1 Å². The van der Waals surface area contributed by atoms with Gasteiger partial charge in [-0.2, -0.15) is 0 Å². The van der Waals surface area contributed by atoms with E-state index >= 15 is 0 Å². The molecule has 0 spiro atoms. The highest BCUT2D eigenvalue weighted by Crippen LogP contribution is 2.22. The van der Waals surface area contributed by atoms with Crippen LogP contribution in [0.5, 0.6) is 0 Å². The Morgan fingerprint density at radius 2 is 2.00 bits per heavy atom. The van der Waals surface area contributed by atoms with E-state index in [-0.39, 0.29) is 5.91 Å². The Labute approximate surface area is 123 Å². The Morgan fingerprint density at radius 3 is 2.65 bits per heavy atom. The van der Waals surface area contributed by atoms with Gasteiger partial charge in [0.15, 0.2) is 0 Å². The summed E-state index contributed by atoms with van der Waals surface area (Å²) in [7, 11) is 0. The molecule has 1 fully saturated rings. The molecule has 1 saturated heterocycles. The number of likely N-dealkylation sites (tertiary alicyclic amines) is 1. The summed E-state index contributed by atoms with van der Waals surface area (Å²) >= 11 is 5.62. The number of hydrogen-bond donors (Lipinski definition) is 0. The number of benzene rings is 1. The molecule has 1 amide bonds. The number of halogens is 2. The lowest BCUT2D eigenvalue weighted by atomic mass is 10.0. The summed E-state index contributed by atoms with van der Waals surface area (Å²) in [5.41, 5.74) is 2.03. The molecule has 0 aromatic heterocycles. The van der Waals surface area contributed by atoms with Crippen molar-refractivity contribution in [2.45, 2.75) is 12.8 Å². The Hall–Kier alpha value is -0.360. The van der Waals surface area contributed by atoms with Gasteiger partial charge in [-0.05, 0) is 53.6 Å². The molecule has 1 heterocycles. The number of amides is 1. The molecule has 0 unspecified atom stereocenters. The number of carbonyl (C=O) groups is 1. The minimum absolute atomic E-state index is 0.128. The number of piperidine rings is 1. The summed E-state index contributed by atoms with van der Waals surface area (Å²) in [4.78, 5) is 14.3. The first kappa shape index (κ1) is 13.1. The highest BCUT2D eigenvalue weighted by atomic mass is 127. The number of carbonyl (C=O) groups excluding carboxylic acids is 1. The van der Waals surface area contributed by atoms with E-state index in [1.54, 1.807) is 0 Å². The SMILES string of the molecule is C=C1CCN(C(=O)c2cc(Br)ccc2I)CC1. The summed E-state index contributed by atoms with van der Waals surface area (Å²) in [6.45, 7) is 5.55. The van der Waals surface area contributed by atoms with Crippen LogP contribution < -0.4 is 0 Å². The smallest absolute Gasteiger partial charge is 0.254 e. The minimum atomic E-state index is 0.128. The molecule has 1 aliphatic rings. The Morgan fingerprint density at radius 1 is 1.35 bits per heavy atom. The lowest BCUT2D eigenvalue weighted by molar-refractivity contribution is 0.0742. The van der Waals surface area contributed by atoms with E-state index in [0.29, 0.717) is 0 Å². The molecule has 17 heavy (non-hydrogen) atoms. The average molecular weight is 406 g/mol. The summed E-state index contributed by atoms with van der Waals surface area (Å²) in [5, 5.41) is 0. The molecular weight excluding hydrogens is 393 g/mol. The minimum Gasteiger partial charge on any atom is -0.338 e. The zero-order valence-corrected chi connectivity index (χ0v) is 13.1. The zero-order valence-electron chi connectivity index (χ0n) is 9.38. The maximum Gasteiger partial charge on any atom is 0.254 e. The molecule has 2 nitrogen and oxygen atoms in total. The fourth-order valence-electron chi connectivity index (χ4n) is 1.86. The molecule has 0 radical (unpaired) electrons. The number of rotatable bonds is 1. The van der Waals surface area contributed by atoms with Gasteiger partial charge in [-0.15, -0.1) is 0 Å². The second kappa shape index (κ2) is 5.52. The van der Waals surface area contributed by atoms with E-state index in [1.165, 1.54) is 5.57 Å². The van der Waals surface area contributed by atoms with Gasteiger partial charge in [-0.3, -0.25) is 4.79 Å². The van der Waals surface area contributed by atoms with Crippen molar-refractivity contribution in [3.8, 4) is 0 Å². The maximum absolute atomic E-state index is 12.4. The second-order valence-electron chi connectivity index (χ2n) is 4.17. The van der Waals surface area contributed by atoms with Crippen LogP contribution in [-0.4, -0.2) is 23.9 Å². The first-order valence-corrected chi connectivity index (χ1v) is 7.36. The highest BCUT2D eigenvalue weighted by molar-refractivity contribution is 14.1. The predicted octanol–water partition coefficient (Wildman–Crippen LogP) is 3.85. The average Bonchev–Trinajstić information content (AvgIpc) is 2.32. The maximum atomic E-state index is 12.4. The van der Waals surface area contributed by atoms with Gasteiger partial charge in [0.2, 0.25) is 0 Å². The molecule has 0 N–H and O–H groups in total.